The van der Waals surface area contributed by atoms with E-state index < -0.39 is 0 Å². The summed E-state index contributed by atoms with van der Waals surface area (Å²) in [5.41, 5.74) is 0. The Bertz CT molecular complexity index is 33.3. The maximum Gasteiger partial charge on any atom is -0.0207 e. The fourth-order valence-corrected chi connectivity index (χ4v) is 0.905. The number of hydrogen-bond acceptors (Lipinski definition) is 0. The van der Waals surface area contributed by atoms with Crippen molar-refractivity contribution in [3.63, 3.8) is 0 Å². The van der Waals surface area contributed by atoms with E-state index in [0.717, 1.165) is 0 Å². The molecular weight excluding hydrogens is 108 g/mol. The van der Waals surface area contributed by atoms with Gasteiger partial charge < -0.3 is 0 Å². The normalized spacial score (nSPS) is 10.0. The zero-order valence-corrected chi connectivity index (χ0v) is 6.74. The monoisotopic (exact) mass is 126 g/mol. The van der Waals surface area contributed by atoms with Gasteiger partial charge in [-0.15, -0.1) is 0 Å². The molecular formula is C9H18. The lowest BCUT2D eigenvalue weighted by Crippen LogP contribution is -1.76. The summed E-state index contributed by atoms with van der Waals surface area (Å²) in [5, 5.41) is 0. The molecule has 0 aliphatic rings. The van der Waals surface area contributed by atoms with E-state index in [0.29, 0.717) is 0 Å². The molecule has 0 aromatic carbocycles. The third kappa shape index (κ3) is 8.00. The lowest BCUT2D eigenvalue weighted by Gasteiger charge is -1.95. The highest BCUT2D eigenvalue weighted by atomic mass is 13.9. The minimum absolute atomic E-state index is 1.18. The molecule has 0 saturated carbocycles. The lowest BCUT2D eigenvalue weighted by molar-refractivity contribution is 0.629. The molecule has 0 unspecified atom stereocenters. The third-order valence-corrected chi connectivity index (χ3v) is 1.53. The molecule has 0 nitrogen and oxygen atoms in total. The molecule has 0 bridgehead atoms. The summed E-state index contributed by atoms with van der Waals surface area (Å²) in [7, 11) is 0. The molecule has 0 amide bonds. The summed E-state index contributed by atoms with van der Waals surface area (Å²) >= 11 is 0. The molecule has 0 spiro atoms. The number of rotatable bonds is 6. The van der Waals surface area contributed by atoms with E-state index in [9.17, 15) is 0 Å². The molecule has 0 aromatic rings. The fraction of sp³-hybridized carbons (Fsp3) is 0.889. The van der Waals surface area contributed by atoms with Gasteiger partial charge in [-0.05, 0) is 12.8 Å². The van der Waals surface area contributed by atoms with E-state index in [1.807, 2.05) is 6.92 Å². The minimum Gasteiger partial charge on any atom is -0.0654 e. The Morgan fingerprint density at radius 2 is 1.67 bits per heavy atom. The van der Waals surface area contributed by atoms with Crippen LogP contribution in [0.1, 0.15) is 52.4 Å². The summed E-state index contributed by atoms with van der Waals surface area (Å²) in [6.07, 6.45) is 11.2. The van der Waals surface area contributed by atoms with Gasteiger partial charge in [0, 0.05) is 0 Å². The fourth-order valence-electron chi connectivity index (χ4n) is 0.905. The average molecular weight is 126 g/mol. The van der Waals surface area contributed by atoms with Crippen molar-refractivity contribution in [2.45, 2.75) is 52.4 Å². The van der Waals surface area contributed by atoms with Crippen LogP contribution in [-0.4, -0.2) is 0 Å². The van der Waals surface area contributed by atoms with Gasteiger partial charge >= 0.3 is 0 Å². The Morgan fingerprint density at radius 3 is 2.22 bits per heavy atom. The molecule has 0 saturated heterocycles. The molecule has 0 rings (SSSR count). The van der Waals surface area contributed by atoms with Crippen LogP contribution in [0, 0.1) is 6.42 Å². The third-order valence-electron chi connectivity index (χ3n) is 1.53. The van der Waals surface area contributed by atoms with Crippen LogP contribution in [0.5, 0.6) is 0 Å². The Balaban J connectivity index is 2.60. The summed E-state index contributed by atoms with van der Waals surface area (Å²) in [5.74, 6) is 0. The van der Waals surface area contributed by atoms with E-state index in [4.69, 9.17) is 0 Å². The van der Waals surface area contributed by atoms with Crippen molar-refractivity contribution >= 4 is 0 Å². The summed E-state index contributed by atoms with van der Waals surface area (Å²) in [6.45, 7) is 4.26. The summed E-state index contributed by atoms with van der Waals surface area (Å²) < 4.78 is 0. The van der Waals surface area contributed by atoms with Gasteiger partial charge in [0.25, 0.3) is 0 Å². The highest BCUT2D eigenvalue weighted by Gasteiger charge is 1.86. The van der Waals surface area contributed by atoms with Crippen LogP contribution in [0.3, 0.4) is 0 Å². The van der Waals surface area contributed by atoms with Crippen LogP contribution >= 0.6 is 0 Å². The SMILES string of the molecule is C[C]CCCCCCC. The zero-order chi connectivity index (χ0) is 6.95. The van der Waals surface area contributed by atoms with Crippen LogP contribution < -0.4 is 0 Å². The van der Waals surface area contributed by atoms with Crippen molar-refractivity contribution in [3.8, 4) is 0 Å². The first-order chi connectivity index (χ1) is 4.41. The van der Waals surface area contributed by atoms with Crippen LogP contribution in [0.15, 0.2) is 0 Å². The average Bonchev–Trinajstić information content (AvgIpc) is 1.89. The molecule has 0 atom stereocenters. The minimum atomic E-state index is 1.18. The molecule has 0 heteroatoms. The molecule has 54 valence electrons. The van der Waals surface area contributed by atoms with Gasteiger partial charge in [0.2, 0.25) is 0 Å². The van der Waals surface area contributed by atoms with Crippen molar-refractivity contribution in [2.24, 2.45) is 0 Å². The summed E-state index contributed by atoms with van der Waals surface area (Å²) in [6, 6.07) is 0. The molecule has 9 heavy (non-hydrogen) atoms. The van der Waals surface area contributed by atoms with Gasteiger partial charge in [-0.3, -0.25) is 0 Å². The first-order valence-corrected chi connectivity index (χ1v) is 4.06. The predicted molar refractivity (Wildman–Crippen MR) is 42.3 cm³/mol. The van der Waals surface area contributed by atoms with Crippen LogP contribution in [0.25, 0.3) is 0 Å². The van der Waals surface area contributed by atoms with Crippen molar-refractivity contribution in [3.05, 3.63) is 6.42 Å². The van der Waals surface area contributed by atoms with Crippen molar-refractivity contribution < 1.29 is 0 Å². The maximum absolute atomic E-state index is 3.14. The second-order valence-electron chi connectivity index (χ2n) is 2.52. The van der Waals surface area contributed by atoms with Gasteiger partial charge in [0.05, 0.1) is 0 Å². The number of hydrogen-bond donors (Lipinski definition) is 0. The molecule has 0 aliphatic carbocycles. The Hall–Kier alpha value is 0. The molecule has 2 radical (unpaired) electrons. The van der Waals surface area contributed by atoms with Gasteiger partial charge in [-0.1, -0.05) is 46.0 Å². The van der Waals surface area contributed by atoms with Crippen LogP contribution in [-0.2, 0) is 0 Å². The molecule has 0 N–H and O–H groups in total. The largest absolute Gasteiger partial charge is 0.0654 e. The van der Waals surface area contributed by atoms with Crippen molar-refractivity contribution in [2.75, 3.05) is 0 Å². The van der Waals surface area contributed by atoms with Crippen molar-refractivity contribution in [1.82, 2.24) is 0 Å². The van der Waals surface area contributed by atoms with E-state index in [1.54, 1.807) is 0 Å². The zero-order valence-electron chi connectivity index (χ0n) is 6.74. The molecule has 0 heterocycles. The second kappa shape index (κ2) is 8.00. The topological polar surface area (TPSA) is 0 Å². The predicted octanol–water partition coefficient (Wildman–Crippen LogP) is 3.45. The van der Waals surface area contributed by atoms with Gasteiger partial charge in [-0.25, -0.2) is 0 Å². The highest BCUT2D eigenvalue weighted by Crippen LogP contribution is 2.05. The van der Waals surface area contributed by atoms with Gasteiger partial charge in [0.1, 0.15) is 0 Å². The Kier molecular flexibility index (Phi) is 8.00. The van der Waals surface area contributed by atoms with E-state index in [2.05, 4.69) is 13.3 Å². The Labute approximate surface area is 59.7 Å². The highest BCUT2D eigenvalue weighted by molar-refractivity contribution is 4.54. The molecule has 0 aliphatic heterocycles. The first kappa shape index (κ1) is 9.00. The maximum atomic E-state index is 3.14. The van der Waals surface area contributed by atoms with Crippen LogP contribution in [0.4, 0.5) is 0 Å². The quantitative estimate of drug-likeness (QED) is 0.478. The van der Waals surface area contributed by atoms with Crippen molar-refractivity contribution in [1.29, 1.82) is 0 Å². The standard InChI is InChI=1S/C9H18/c1-3-5-7-9-8-6-4-2/h3,5-9H2,1-2H3. The molecule has 0 fully saturated rings. The van der Waals surface area contributed by atoms with E-state index in [1.165, 1.54) is 38.5 Å². The lowest BCUT2D eigenvalue weighted by atomic mass is 10.1. The second-order valence-corrected chi connectivity index (χ2v) is 2.52. The van der Waals surface area contributed by atoms with Gasteiger partial charge in [-0.2, -0.15) is 0 Å². The van der Waals surface area contributed by atoms with E-state index >= 15 is 0 Å². The molecule has 0 aromatic heterocycles. The van der Waals surface area contributed by atoms with E-state index in [-0.39, 0.29) is 0 Å². The summed E-state index contributed by atoms with van der Waals surface area (Å²) in [4.78, 5) is 0. The van der Waals surface area contributed by atoms with Crippen LogP contribution in [0.2, 0.25) is 0 Å². The smallest absolute Gasteiger partial charge is 0.0207 e. The van der Waals surface area contributed by atoms with Gasteiger partial charge in [0.15, 0.2) is 0 Å². The Morgan fingerprint density at radius 1 is 1.00 bits per heavy atom. The number of unbranched alkanes of at least 4 members (excludes halogenated alkanes) is 6. The first-order valence-electron chi connectivity index (χ1n) is 4.06.